The van der Waals surface area contributed by atoms with Gasteiger partial charge < -0.3 is 15.1 Å². The Morgan fingerprint density at radius 3 is 2.20 bits per heavy atom. The second-order valence-electron chi connectivity index (χ2n) is 5.72. The maximum Gasteiger partial charge on any atom is 0.312 e. The summed E-state index contributed by atoms with van der Waals surface area (Å²) < 4.78 is 0. The molecule has 1 aliphatic heterocycles. The van der Waals surface area contributed by atoms with Crippen LogP contribution in [0.5, 0.6) is 0 Å². The van der Waals surface area contributed by atoms with Crippen molar-refractivity contribution in [3.05, 3.63) is 17.6 Å². The van der Waals surface area contributed by atoms with Crippen molar-refractivity contribution in [2.75, 3.05) is 18.0 Å². The highest BCUT2D eigenvalue weighted by Gasteiger charge is 2.81. The van der Waals surface area contributed by atoms with Crippen LogP contribution in [-0.4, -0.2) is 45.2 Å². The second-order valence-corrected chi connectivity index (χ2v) is 5.72. The quantitative estimate of drug-likeness (QED) is 0.827. The summed E-state index contributed by atoms with van der Waals surface area (Å²) in [6.07, 6.45) is 1.62. The summed E-state index contributed by atoms with van der Waals surface area (Å²) in [7, 11) is 0. The van der Waals surface area contributed by atoms with Gasteiger partial charge in [0.25, 0.3) is 0 Å². The van der Waals surface area contributed by atoms with E-state index in [-0.39, 0.29) is 19.5 Å². The first kappa shape index (κ1) is 12.8. The molecule has 0 unspecified atom stereocenters. The van der Waals surface area contributed by atoms with Gasteiger partial charge >= 0.3 is 11.9 Å². The van der Waals surface area contributed by atoms with Crippen LogP contribution in [0.3, 0.4) is 0 Å². The first-order valence-corrected chi connectivity index (χ1v) is 6.34. The highest BCUT2D eigenvalue weighted by atomic mass is 16.4. The third kappa shape index (κ3) is 1.35. The topological polar surface area (TPSA) is 104 Å². The molecule has 1 aromatic heterocycles. The minimum atomic E-state index is -1.18. The molecule has 1 saturated carbocycles. The van der Waals surface area contributed by atoms with Crippen molar-refractivity contribution in [2.24, 2.45) is 10.8 Å². The average Bonchev–Trinajstić information content (AvgIpc) is 2.92. The van der Waals surface area contributed by atoms with E-state index >= 15 is 0 Å². The summed E-state index contributed by atoms with van der Waals surface area (Å²) in [4.78, 5) is 33.0. The van der Waals surface area contributed by atoms with Crippen molar-refractivity contribution in [3.8, 4) is 0 Å². The molecular formula is C13H15N3O4. The largest absolute Gasteiger partial charge is 0.481 e. The van der Waals surface area contributed by atoms with Gasteiger partial charge in [-0.15, -0.1) is 0 Å². The number of rotatable bonds is 3. The Labute approximate surface area is 115 Å². The molecule has 0 aromatic carbocycles. The molecule has 7 heteroatoms. The van der Waals surface area contributed by atoms with Crippen molar-refractivity contribution in [1.82, 2.24) is 9.97 Å². The summed E-state index contributed by atoms with van der Waals surface area (Å²) in [6, 6.07) is 0. The molecule has 2 fully saturated rings. The molecule has 2 N–H and O–H groups in total. The van der Waals surface area contributed by atoms with Crippen LogP contribution in [-0.2, 0) is 9.59 Å². The number of hydrogen-bond donors (Lipinski definition) is 2. The molecular weight excluding hydrogens is 262 g/mol. The van der Waals surface area contributed by atoms with Crippen molar-refractivity contribution in [1.29, 1.82) is 0 Å². The van der Waals surface area contributed by atoms with Crippen molar-refractivity contribution >= 4 is 17.8 Å². The first-order valence-electron chi connectivity index (χ1n) is 6.34. The van der Waals surface area contributed by atoms with Gasteiger partial charge in [0, 0.05) is 24.3 Å². The maximum absolute atomic E-state index is 11.5. The Bertz CT molecular complexity index is 604. The Morgan fingerprint density at radius 1 is 1.15 bits per heavy atom. The van der Waals surface area contributed by atoms with Crippen LogP contribution in [0.15, 0.2) is 6.33 Å². The number of carboxylic acid groups (broad SMARTS) is 2. The number of piperidine rings is 1. The minimum Gasteiger partial charge on any atom is -0.481 e. The third-order valence-corrected chi connectivity index (χ3v) is 4.74. The molecule has 20 heavy (non-hydrogen) atoms. The van der Waals surface area contributed by atoms with Crippen LogP contribution in [0.4, 0.5) is 5.82 Å². The molecule has 1 saturated heterocycles. The molecule has 0 radical (unpaired) electrons. The SMILES string of the molecule is Cc1ncnc(N2C[C@@]3(C(=O)O)C[C@@]3(C(=O)O)C2)c1C. The Hall–Kier alpha value is -2.18. The van der Waals surface area contributed by atoms with Crippen LogP contribution < -0.4 is 4.90 Å². The predicted molar refractivity (Wildman–Crippen MR) is 68.5 cm³/mol. The average molecular weight is 277 g/mol. The monoisotopic (exact) mass is 277 g/mol. The van der Waals surface area contributed by atoms with Crippen LogP contribution in [0.1, 0.15) is 17.7 Å². The lowest BCUT2D eigenvalue weighted by atomic mass is 9.97. The molecule has 7 nitrogen and oxygen atoms in total. The molecule has 0 bridgehead atoms. The zero-order valence-corrected chi connectivity index (χ0v) is 11.3. The van der Waals surface area contributed by atoms with Gasteiger partial charge in [-0.25, -0.2) is 9.97 Å². The van der Waals surface area contributed by atoms with Crippen molar-refractivity contribution in [2.45, 2.75) is 20.3 Å². The molecule has 0 amide bonds. The Balaban J connectivity index is 1.99. The number of aryl methyl sites for hydroxylation is 1. The number of anilines is 1. The van der Waals surface area contributed by atoms with Gasteiger partial charge in [-0.3, -0.25) is 9.59 Å². The molecule has 2 heterocycles. The van der Waals surface area contributed by atoms with Crippen LogP contribution in [0, 0.1) is 24.7 Å². The maximum atomic E-state index is 11.5. The van der Waals surface area contributed by atoms with Crippen LogP contribution in [0.2, 0.25) is 0 Å². The lowest BCUT2D eigenvalue weighted by molar-refractivity contribution is -0.151. The summed E-state index contributed by atoms with van der Waals surface area (Å²) in [5, 5.41) is 18.8. The normalized spacial score (nSPS) is 31.0. The summed E-state index contributed by atoms with van der Waals surface area (Å²) in [6.45, 7) is 4.07. The number of aromatic nitrogens is 2. The number of aliphatic carboxylic acids is 2. The van der Waals surface area contributed by atoms with E-state index in [1.54, 1.807) is 4.90 Å². The standard InChI is InChI=1S/C13H15N3O4/c1-7-8(2)14-6-15-9(7)16-4-12(10(17)18)3-13(12,5-16)11(19)20/h6H,3-5H2,1-2H3,(H,17,18)(H,19,20)/t12-,13+. The summed E-state index contributed by atoms with van der Waals surface area (Å²) in [5.74, 6) is -1.44. The lowest BCUT2D eigenvalue weighted by Gasteiger charge is -2.23. The highest BCUT2D eigenvalue weighted by Crippen LogP contribution is 2.68. The van der Waals surface area contributed by atoms with Gasteiger partial charge in [-0.2, -0.15) is 0 Å². The molecule has 106 valence electrons. The fourth-order valence-electron chi connectivity index (χ4n) is 3.28. The van der Waals surface area contributed by atoms with E-state index in [1.165, 1.54) is 6.33 Å². The van der Waals surface area contributed by atoms with E-state index in [4.69, 9.17) is 0 Å². The number of carbonyl (C=O) groups is 2. The van der Waals surface area contributed by atoms with E-state index in [0.29, 0.717) is 5.82 Å². The van der Waals surface area contributed by atoms with Gasteiger partial charge in [-0.1, -0.05) is 0 Å². The number of hydrogen-bond acceptors (Lipinski definition) is 5. The van der Waals surface area contributed by atoms with Crippen LogP contribution >= 0.6 is 0 Å². The van der Waals surface area contributed by atoms with Gasteiger partial charge in [0.2, 0.25) is 0 Å². The fourth-order valence-corrected chi connectivity index (χ4v) is 3.28. The van der Waals surface area contributed by atoms with Crippen molar-refractivity contribution < 1.29 is 19.8 Å². The molecule has 3 rings (SSSR count). The third-order valence-electron chi connectivity index (χ3n) is 4.74. The zero-order valence-electron chi connectivity index (χ0n) is 11.3. The number of carboxylic acids is 2. The summed E-state index contributed by atoms with van der Waals surface area (Å²) in [5.41, 5.74) is -0.687. The summed E-state index contributed by atoms with van der Waals surface area (Å²) >= 11 is 0. The van der Waals surface area contributed by atoms with Crippen molar-refractivity contribution in [3.63, 3.8) is 0 Å². The van der Waals surface area contributed by atoms with Gasteiger partial charge in [-0.05, 0) is 20.3 Å². The molecule has 2 aliphatic rings. The Morgan fingerprint density at radius 2 is 1.70 bits per heavy atom. The molecule has 1 aliphatic carbocycles. The first-order chi connectivity index (χ1) is 9.34. The second kappa shape index (κ2) is 3.68. The zero-order chi connectivity index (χ0) is 14.7. The van der Waals surface area contributed by atoms with Gasteiger partial charge in [0.15, 0.2) is 0 Å². The van der Waals surface area contributed by atoms with Crippen LogP contribution in [0.25, 0.3) is 0 Å². The Kier molecular flexibility index (Phi) is 2.36. The van der Waals surface area contributed by atoms with E-state index in [2.05, 4.69) is 9.97 Å². The van der Waals surface area contributed by atoms with Gasteiger partial charge in [0.05, 0.1) is 0 Å². The number of fused-ring (bicyclic) bond motifs is 1. The number of nitrogens with zero attached hydrogens (tertiary/aromatic N) is 3. The molecule has 1 aromatic rings. The van der Waals surface area contributed by atoms with E-state index in [1.807, 2.05) is 13.8 Å². The van der Waals surface area contributed by atoms with E-state index < -0.39 is 22.8 Å². The highest BCUT2D eigenvalue weighted by molar-refractivity contribution is 5.95. The predicted octanol–water partition coefficient (Wildman–Crippen LogP) is 0.459. The molecule has 0 spiro atoms. The fraction of sp³-hybridized carbons (Fsp3) is 0.538. The van der Waals surface area contributed by atoms with E-state index in [9.17, 15) is 19.8 Å². The lowest BCUT2D eigenvalue weighted by Crippen LogP contribution is -2.30. The smallest absolute Gasteiger partial charge is 0.312 e. The van der Waals surface area contributed by atoms with Gasteiger partial charge in [0.1, 0.15) is 23.0 Å². The minimum absolute atomic E-state index is 0.186. The molecule has 2 atom stereocenters. The van der Waals surface area contributed by atoms with E-state index in [0.717, 1.165) is 11.3 Å².